The molecule has 0 aliphatic heterocycles. The van der Waals surface area contributed by atoms with Crippen LogP contribution in [-0.4, -0.2) is 23.1 Å². The van der Waals surface area contributed by atoms with E-state index in [9.17, 15) is 14.0 Å². The van der Waals surface area contributed by atoms with E-state index in [1.165, 1.54) is 35.4 Å². The van der Waals surface area contributed by atoms with Gasteiger partial charge in [0.05, 0.1) is 0 Å². The maximum Gasteiger partial charge on any atom is 0.256 e. The standard InChI is InChI=1S/C19H19FN2O3/c20-15-7-5-12(6-8-15)9-17(19(24)22-25)18(23)21-16-10-13-3-1-2-4-14(13)11-16/h1-8,16-17,25H,9-11H2,(H,21,23)(H,22,24). The van der Waals surface area contributed by atoms with E-state index in [1.54, 1.807) is 5.48 Å². The molecule has 1 aliphatic rings. The summed E-state index contributed by atoms with van der Waals surface area (Å²) in [7, 11) is 0. The van der Waals surface area contributed by atoms with Crippen molar-refractivity contribution < 1.29 is 19.2 Å². The highest BCUT2D eigenvalue weighted by Gasteiger charge is 2.30. The number of halogens is 1. The average molecular weight is 342 g/mol. The van der Waals surface area contributed by atoms with Gasteiger partial charge in [-0.2, -0.15) is 0 Å². The molecule has 0 saturated heterocycles. The van der Waals surface area contributed by atoms with Crippen molar-refractivity contribution in [2.45, 2.75) is 25.3 Å². The van der Waals surface area contributed by atoms with Crippen molar-refractivity contribution in [1.82, 2.24) is 10.8 Å². The molecule has 1 atom stereocenters. The molecule has 1 unspecified atom stereocenters. The molecule has 25 heavy (non-hydrogen) atoms. The number of benzene rings is 2. The predicted octanol–water partition coefficient (Wildman–Crippen LogP) is 1.77. The first kappa shape index (κ1) is 17.1. The van der Waals surface area contributed by atoms with Crippen LogP contribution in [0, 0.1) is 11.7 Å². The SMILES string of the molecule is O=C(NO)C(Cc1ccc(F)cc1)C(=O)NC1Cc2ccccc2C1. The number of fused-ring (bicyclic) bond motifs is 1. The number of carbonyl (C=O) groups excluding carboxylic acids is 2. The van der Waals surface area contributed by atoms with E-state index < -0.39 is 17.7 Å². The summed E-state index contributed by atoms with van der Waals surface area (Å²) in [6.07, 6.45) is 1.51. The number of nitrogens with one attached hydrogen (secondary N) is 2. The van der Waals surface area contributed by atoms with Crippen LogP contribution in [0.2, 0.25) is 0 Å². The first-order valence-corrected chi connectivity index (χ1v) is 8.12. The fraction of sp³-hybridized carbons (Fsp3) is 0.263. The molecular formula is C19H19FN2O3. The molecule has 2 aromatic rings. The van der Waals surface area contributed by atoms with Crippen LogP contribution in [0.3, 0.4) is 0 Å². The van der Waals surface area contributed by atoms with E-state index in [-0.39, 0.29) is 18.3 Å². The molecule has 3 rings (SSSR count). The van der Waals surface area contributed by atoms with Crippen LogP contribution in [0.5, 0.6) is 0 Å². The molecule has 0 heterocycles. The predicted molar refractivity (Wildman–Crippen MR) is 89.3 cm³/mol. The van der Waals surface area contributed by atoms with E-state index >= 15 is 0 Å². The minimum Gasteiger partial charge on any atom is -0.352 e. The zero-order valence-electron chi connectivity index (χ0n) is 13.5. The molecule has 2 amide bonds. The molecule has 3 N–H and O–H groups in total. The Morgan fingerprint density at radius 3 is 2.20 bits per heavy atom. The number of hydrogen-bond acceptors (Lipinski definition) is 3. The van der Waals surface area contributed by atoms with Crippen molar-refractivity contribution in [2.75, 3.05) is 0 Å². The van der Waals surface area contributed by atoms with Crippen LogP contribution in [0.15, 0.2) is 48.5 Å². The second-order valence-corrected chi connectivity index (χ2v) is 6.24. The zero-order chi connectivity index (χ0) is 17.8. The Kier molecular flexibility index (Phi) is 5.09. The van der Waals surface area contributed by atoms with Crippen molar-refractivity contribution in [3.63, 3.8) is 0 Å². The quantitative estimate of drug-likeness (QED) is 0.440. The Morgan fingerprint density at radius 2 is 1.64 bits per heavy atom. The third-order valence-electron chi connectivity index (χ3n) is 4.49. The lowest BCUT2D eigenvalue weighted by atomic mass is 9.97. The number of hydroxylamine groups is 1. The van der Waals surface area contributed by atoms with Crippen LogP contribution in [0.4, 0.5) is 4.39 Å². The normalized spacial score (nSPS) is 14.6. The molecular weight excluding hydrogens is 323 g/mol. The lowest BCUT2D eigenvalue weighted by Crippen LogP contribution is -2.45. The maximum absolute atomic E-state index is 13.0. The first-order chi connectivity index (χ1) is 12.1. The van der Waals surface area contributed by atoms with Gasteiger partial charge in [-0.3, -0.25) is 14.8 Å². The van der Waals surface area contributed by atoms with E-state index in [2.05, 4.69) is 5.32 Å². The van der Waals surface area contributed by atoms with Gasteiger partial charge in [0.2, 0.25) is 5.91 Å². The Balaban J connectivity index is 1.68. The highest BCUT2D eigenvalue weighted by atomic mass is 19.1. The molecule has 1 aliphatic carbocycles. The van der Waals surface area contributed by atoms with Gasteiger partial charge in [0.15, 0.2) is 0 Å². The lowest BCUT2D eigenvalue weighted by Gasteiger charge is -2.18. The first-order valence-electron chi connectivity index (χ1n) is 8.12. The van der Waals surface area contributed by atoms with Crippen molar-refractivity contribution in [2.24, 2.45) is 5.92 Å². The van der Waals surface area contributed by atoms with Gasteiger partial charge in [0.1, 0.15) is 11.7 Å². The van der Waals surface area contributed by atoms with Gasteiger partial charge in [0, 0.05) is 6.04 Å². The fourth-order valence-electron chi connectivity index (χ4n) is 3.20. The molecule has 0 saturated carbocycles. The van der Waals surface area contributed by atoms with Gasteiger partial charge < -0.3 is 5.32 Å². The molecule has 0 radical (unpaired) electrons. The number of rotatable bonds is 5. The highest BCUT2D eigenvalue weighted by molar-refractivity contribution is 6.00. The minimum absolute atomic E-state index is 0.0767. The van der Waals surface area contributed by atoms with Gasteiger partial charge in [-0.1, -0.05) is 36.4 Å². The summed E-state index contributed by atoms with van der Waals surface area (Å²) in [4.78, 5) is 24.5. The molecule has 0 fully saturated rings. The van der Waals surface area contributed by atoms with Gasteiger partial charge in [-0.15, -0.1) is 0 Å². The lowest BCUT2D eigenvalue weighted by molar-refractivity contribution is -0.140. The van der Waals surface area contributed by atoms with E-state index in [4.69, 9.17) is 5.21 Å². The second-order valence-electron chi connectivity index (χ2n) is 6.24. The summed E-state index contributed by atoms with van der Waals surface area (Å²) >= 11 is 0. The second kappa shape index (κ2) is 7.44. The molecule has 5 nitrogen and oxygen atoms in total. The van der Waals surface area contributed by atoms with Crippen molar-refractivity contribution in [1.29, 1.82) is 0 Å². The number of amides is 2. The van der Waals surface area contributed by atoms with Crippen LogP contribution in [-0.2, 0) is 28.9 Å². The Labute approximate surface area is 144 Å². The zero-order valence-corrected chi connectivity index (χ0v) is 13.5. The number of carbonyl (C=O) groups is 2. The summed E-state index contributed by atoms with van der Waals surface area (Å²) in [5.74, 6) is -2.70. The van der Waals surface area contributed by atoms with Gasteiger partial charge in [-0.25, -0.2) is 9.87 Å². The molecule has 0 aromatic heterocycles. The number of hydrogen-bond donors (Lipinski definition) is 3. The summed E-state index contributed by atoms with van der Waals surface area (Å²) < 4.78 is 13.0. The Bertz CT molecular complexity index is 751. The van der Waals surface area contributed by atoms with Gasteiger partial charge in [0.25, 0.3) is 5.91 Å². The largest absolute Gasteiger partial charge is 0.352 e. The third kappa shape index (κ3) is 4.03. The van der Waals surface area contributed by atoms with Crippen molar-refractivity contribution in [3.05, 3.63) is 71.0 Å². The molecule has 130 valence electrons. The van der Waals surface area contributed by atoms with Crippen LogP contribution >= 0.6 is 0 Å². The summed E-state index contributed by atoms with van der Waals surface area (Å²) in [6, 6.07) is 13.5. The monoisotopic (exact) mass is 342 g/mol. The van der Waals surface area contributed by atoms with E-state index in [0.717, 1.165) is 0 Å². The fourth-order valence-corrected chi connectivity index (χ4v) is 3.20. The Hall–Kier alpha value is -2.73. The molecule has 6 heteroatoms. The van der Waals surface area contributed by atoms with Crippen molar-refractivity contribution in [3.8, 4) is 0 Å². The minimum atomic E-state index is -1.08. The molecule has 2 aromatic carbocycles. The Morgan fingerprint density at radius 1 is 1.04 bits per heavy atom. The molecule has 0 spiro atoms. The van der Waals surface area contributed by atoms with Gasteiger partial charge in [-0.05, 0) is 48.1 Å². The van der Waals surface area contributed by atoms with Gasteiger partial charge >= 0.3 is 0 Å². The third-order valence-corrected chi connectivity index (χ3v) is 4.49. The topological polar surface area (TPSA) is 78.4 Å². The van der Waals surface area contributed by atoms with E-state index in [1.807, 2.05) is 24.3 Å². The molecule has 0 bridgehead atoms. The van der Waals surface area contributed by atoms with Crippen LogP contribution in [0.25, 0.3) is 0 Å². The maximum atomic E-state index is 13.0. The van der Waals surface area contributed by atoms with Crippen LogP contribution in [0.1, 0.15) is 16.7 Å². The van der Waals surface area contributed by atoms with Crippen molar-refractivity contribution >= 4 is 11.8 Å². The highest BCUT2D eigenvalue weighted by Crippen LogP contribution is 2.22. The summed E-state index contributed by atoms with van der Waals surface area (Å²) in [6.45, 7) is 0. The van der Waals surface area contributed by atoms with Crippen LogP contribution < -0.4 is 10.8 Å². The smallest absolute Gasteiger partial charge is 0.256 e. The average Bonchev–Trinajstić information content (AvgIpc) is 3.02. The van der Waals surface area contributed by atoms with E-state index in [0.29, 0.717) is 18.4 Å². The summed E-state index contributed by atoms with van der Waals surface area (Å²) in [5.41, 5.74) is 4.56. The summed E-state index contributed by atoms with van der Waals surface area (Å²) in [5, 5.41) is 11.8.